The minimum Gasteiger partial charge on any atom is -0.453 e. The molecule has 21 heavy (non-hydrogen) atoms. The van der Waals surface area contributed by atoms with Crippen LogP contribution in [0.25, 0.3) is 0 Å². The Kier molecular flexibility index (Phi) is 5.38. The SMILES string of the molecule is COC(=O)N1CCC[C@@H](NC(=O)NCc2csc(C)n2)C1. The van der Waals surface area contributed by atoms with Crippen LogP contribution in [0.15, 0.2) is 5.38 Å². The van der Waals surface area contributed by atoms with Crippen molar-refractivity contribution in [2.45, 2.75) is 32.4 Å². The molecule has 8 heteroatoms. The van der Waals surface area contributed by atoms with Gasteiger partial charge in [0.15, 0.2) is 0 Å². The van der Waals surface area contributed by atoms with Gasteiger partial charge in [-0.3, -0.25) is 0 Å². The quantitative estimate of drug-likeness (QED) is 0.885. The first-order valence-corrected chi connectivity index (χ1v) is 7.74. The van der Waals surface area contributed by atoms with Gasteiger partial charge in [-0.1, -0.05) is 0 Å². The van der Waals surface area contributed by atoms with Crippen molar-refractivity contribution in [2.75, 3.05) is 20.2 Å². The standard InChI is InChI=1S/C13H20N4O3S/c1-9-15-11(8-21-9)6-14-12(18)16-10-4-3-5-17(7-10)13(19)20-2/h8,10H,3-7H2,1-2H3,(H2,14,16,18)/t10-/m1/s1. The fraction of sp³-hybridized carbons (Fsp3) is 0.615. The number of urea groups is 1. The minimum atomic E-state index is -0.347. The van der Waals surface area contributed by atoms with Crippen LogP contribution in [0.2, 0.25) is 0 Å². The molecule has 1 saturated heterocycles. The van der Waals surface area contributed by atoms with Gasteiger partial charge in [0.25, 0.3) is 0 Å². The summed E-state index contributed by atoms with van der Waals surface area (Å²) in [6.07, 6.45) is 1.36. The molecule has 0 aromatic carbocycles. The number of hydrogen-bond acceptors (Lipinski definition) is 5. The molecule has 0 saturated carbocycles. The topological polar surface area (TPSA) is 83.6 Å². The summed E-state index contributed by atoms with van der Waals surface area (Å²) in [6.45, 7) is 3.49. The first-order valence-electron chi connectivity index (χ1n) is 6.86. The molecule has 0 unspecified atom stereocenters. The number of piperidine rings is 1. The number of hydrogen-bond donors (Lipinski definition) is 2. The summed E-state index contributed by atoms with van der Waals surface area (Å²) in [6, 6.07) is -0.285. The zero-order chi connectivity index (χ0) is 15.2. The van der Waals surface area contributed by atoms with Crippen LogP contribution in [0.1, 0.15) is 23.5 Å². The lowest BCUT2D eigenvalue weighted by Gasteiger charge is -2.32. The van der Waals surface area contributed by atoms with E-state index in [-0.39, 0.29) is 18.2 Å². The molecule has 2 heterocycles. The van der Waals surface area contributed by atoms with E-state index >= 15 is 0 Å². The van der Waals surface area contributed by atoms with E-state index in [1.54, 1.807) is 16.2 Å². The number of carbonyl (C=O) groups is 2. The number of ether oxygens (including phenoxy) is 1. The largest absolute Gasteiger partial charge is 0.453 e. The van der Waals surface area contributed by atoms with E-state index in [0.29, 0.717) is 19.6 Å². The number of thiazole rings is 1. The van der Waals surface area contributed by atoms with Gasteiger partial charge in [0.2, 0.25) is 0 Å². The summed E-state index contributed by atoms with van der Waals surface area (Å²) in [5.74, 6) is 0. The van der Waals surface area contributed by atoms with Crippen molar-refractivity contribution in [1.29, 1.82) is 0 Å². The lowest BCUT2D eigenvalue weighted by molar-refractivity contribution is 0.108. The Labute approximate surface area is 127 Å². The van der Waals surface area contributed by atoms with Gasteiger partial charge in [-0.2, -0.15) is 0 Å². The lowest BCUT2D eigenvalue weighted by atomic mass is 10.1. The molecule has 0 radical (unpaired) electrons. The molecule has 0 spiro atoms. The summed E-state index contributed by atoms with van der Waals surface area (Å²) in [7, 11) is 1.36. The highest BCUT2D eigenvalue weighted by molar-refractivity contribution is 7.09. The van der Waals surface area contributed by atoms with Gasteiger partial charge in [-0.15, -0.1) is 11.3 Å². The van der Waals surface area contributed by atoms with E-state index in [1.807, 2.05) is 12.3 Å². The van der Waals surface area contributed by atoms with Crippen molar-refractivity contribution in [1.82, 2.24) is 20.5 Å². The predicted octanol–water partition coefficient (Wildman–Crippen LogP) is 1.48. The number of aromatic nitrogens is 1. The van der Waals surface area contributed by atoms with Crippen LogP contribution in [0.5, 0.6) is 0 Å². The molecule has 2 rings (SSSR count). The molecule has 1 fully saturated rings. The maximum Gasteiger partial charge on any atom is 0.409 e. The minimum absolute atomic E-state index is 0.0463. The van der Waals surface area contributed by atoms with Crippen molar-refractivity contribution in [3.05, 3.63) is 16.1 Å². The number of rotatable bonds is 3. The third-order valence-corrected chi connectivity index (χ3v) is 4.11. The van der Waals surface area contributed by atoms with E-state index in [1.165, 1.54) is 7.11 Å². The Morgan fingerprint density at radius 3 is 3.05 bits per heavy atom. The van der Waals surface area contributed by atoms with Gasteiger partial charge in [-0.25, -0.2) is 14.6 Å². The molecule has 1 atom stereocenters. The van der Waals surface area contributed by atoms with Gasteiger partial charge >= 0.3 is 12.1 Å². The second kappa shape index (κ2) is 7.26. The zero-order valence-corrected chi connectivity index (χ0v) is 13.0. The van der Waals surface area contributed by atoms with Gasteiger partial charge in [0.05, 0.1) is 24.4 Å². The van der Waals surface area contributed by atoms with Crippen LogP contribution in [0.3, 0.4) is 0 Å². The normalized spacial score (nSPS) is 18.2. The molecule has 1 aromatic rings. The molecule has 3 amide bonds. The average Bonchev–Trinajstić information content (AvgIpc) is 2.90. The summed E-state index contributed by atoms with van der Waals surface area (Å²) < 4.78 is 4.70. The molecular formula is C13H20N4O3S. The number of methoxy groups -OCH3 is 1. The van der Waals surface area contributed by atoms with E-state index < -0.39 is 0 Å². The fourth-order valence-corrected chi connectivity index (χ4v) is 2.90. The molecule has 1 aliphatic rings. The third-order valence-electron chi connectivity index (χ3n) is 3.29. The van der Waals surface area contributed by atoms with Crippen molar-refractivity contribution in [3.63, 3.8) is 0 Å². The van der Waals surface area contributed by atoms with Crippen LogP contribution >= 0.6 is 11.3 Å². The molecular weight excluding hydrogens is 292 g/mol. The van der Waals surface area contributed by atoms with E-state index in [0.717, 1.165) is 23.5 Å². The second-order valence-corrected chi connectivity index (χ2v) is 6.00. The first-order chi connectivity index (χ1) is 10.1. The van der Waals surface area contributed by atoms with Crippen LogP contribution in [-0.4, -0.2) is 48.2 Å². The molecule has 1 aliphatic heterocycles. The van der Waals surface area contributed by atoms with E-state index in [2.05, 4.69) is 15.6 Å². The van der Waals surface area contributed by atoms with Crippen molar-refractivity contribution >= 4 is 23.5 Å². The summed E-state index contributed by atoms with van der Waals surface area (Å²) in [5, 5.41) is 8.56. The number of carbonyl (C=O) groups excluding carboxylic acids is 2. The van der Waals surface area contributed by atoms with Gasteiger partial charge < -0.3 is 20.3 Å². The zero-order valence-electron chi connectivity index (χ0n) is 12.2. The number of aryl methyl sites for hydroxylation is 1. The van der Waals surface area contributed by atoms with Crippen LogP contribution in [-0.2, 0) is 11.3 Å². The number of nitrogens with one attached hydrogen (secondary N) is 2. The third kappa shape index (κ3) is 4.59. The number of amides is 3. The van der Waals surface area contributed by atoms with Gasteiger partial charge in [-0.05, 0) is 19.8 Å². The highest BCUT2D eigenvalue weighted by Gasteiger charge is 2.25. The summed E-state index contributed by atoms with van der Waals surface area (Å²) >= 11 is 1.56. The molecule has 2 N–H and O–H groups in total. The fourth-order valence-electron chi connectivity index (χ4n) is 2.29. The van der Waals surface area contributed by atoms with Crippen molar-refractivity contribution in [3.8, 4) is 0 Å². The van der Waals surface area contributed by atoms with Gasteiger partial charge in [0, 0.05) is 24.5 Å². The lowest BCUT2D eigenvalue weighted by Crippen LogP contribution is -2.51. The Hall–Kier alpha value is -1.83. The van der Waals surface area contributed by atoms with Gasteiger partial charge in [0.1, 0.15) is 0 Å². The molecule has 116 valence electrons. The number of nitrogens with zero attached hydrogens (tertiary/aromatic N) is 2. The Morgan fingerprint density at radius 1 is 1.57 bits per heavy atom. The van der Waals surface area contributed by atoms with Crippen LogP contribution in [0, 0.1) is 6.92 Å². The smallest absolute Gasteiger partial charge is 0.409 e. The van der Waals surface area contributed by atoms with E-state index in [4.69, 9.17) is 4.74 Å². The summed E-state index contributed by atoms with van der Waals surface area (Å²) in [5.41, 5.74) is 0.854. The monoisotopic (exact) mass is 312 g/mol. The average molecular weight is 312 g/mol. The summed E-state index contributed by atoms with van der Waals surface area (Å²) in [4.78, 5) is 29.2. The van der Waals surface area contributed by atoms with Crippen LogP contribution in [0.4, 0.5) is 9.59 Å². The molecule has 0 aliphatic carbocycles. The highest BCUT2D eigenvalue weighted by Crippen LogP contribution is 2.11. The number of likely N-dealkylation sites (tertiary alicyclic amines) is 1. The molecule has 7 nitrogen and oxygen atoms in total. The Balaban J connectivity index is 1.75. The Bertz CT molecular complexity index is 505. The molecule has 0 bridgehead atoms. The Morgan fingerprint density at radius 2 is 2.38 bits per heavy atom. The van der Waals surface area contributed by atoms with E-state index in [9.17, 15) is 9.59 Å². The first kappa shape index (κ1) is 15.6. The van der Waals surface area contributed by atoms with Crippen LogP contribution < -0.4 is 10.6 Å². The molecule has 1 aromatic heterocycles. The highest BCUT2D eigenvalue weighted by atomic mass is 32.1. The second-order valence-electron chi connectivity index (χ2n) is 4.94. The van der Waals surface area contributed by atoms with Crippen molar-refractivity contribution in [2.24, 2.45) is 0 Å². The predicted molar refractivity (Wildman–Crippen MR) is 79.2 cm³/mol. The van der Waals surface area contributed by atoms with Crippen molar-refractivity contribution < 1.29 is 14.3 Å². The maximum atomic E-state index is 11.9. The maximum absolute atomic E-state index is 11.9.